The fraction of sp³-hybridized carbons (Fsp3) is 0.438. The summed E-state index contributed by atoms with van der Waals surface area (Å²) in [6, 6.07) is 9.98. The number of hydrogen-bond donors (Lipinski definition) is 0. The zero-order valence-electron chi connectivity index (χ0n) is 11.8. The third-order valence-corrected chi connectivity index (χ3v) is 2.65. The summed E-state index contributed by atoms with van der Waals surface area (Å²) in [4.78, 5) is 11.3. The largest absolute Gasteiger partial charge is 0.463 e. The molecule has 0 radical (unpaired) electrons. The van der Waals surface area contributed by atoms with Crippen molar-refractivity contribution in [3.05, 3.63) is 48.0 Å². The summed E-state index contributed by atoms with van der Waals surface area (Å²) in [7, 11) is 0. The minimum absolute atomic E-state index is 0.0930. The first-order valence-electron chi connectivity index (χ1n) is 6.64. The van der Waals surface area contributed by atoms with E-state index in [1.807, 2.05) is 30.3 Å². The molecule has 3 heteroatoms. The van der Waals surface area contributed by atoms with Crippen LogP contribution in [0.2, 0.25) is 0 Å². The average molecular weight is 262 g/mol. The summed E-state index contributed by atoms with van der Waals surface area (Å²) < 4.78 is 10.7. The van der Waals surface area contributed by atoms with Crippen LogP contribution in [0.4, 0.5) is 0 Å². The number of esters is 1. The monoisotopic (exact) mass is 262 g/mol. The van der Waals surface area contributed by atoms with Gasteiger partial charge in [-0.25, -0.2) is 4.79 Å². The van der Waals surface area contributed by atoms with E-state index >= 15 is 0 Å². The van der Waals surface area contributed by atoms with Crippen LogP contribution in [0, 0.1) is 5.92 Å². The highest BCUT2D eigenvalue weighted by Gasteiger charge is 2.11. The standard InChI is InChI=1S/C16H22O3/c1-4-18-16(17)11-10-15(13(2)3)19-12-14-8-6-5-7-9-14/h5-11,13,15H,4,12H2,1-3H3/b11-10+/t15-/m0/s1. The van der Waals surface area contributed by atoms with Gasteiger partial charge in [-0.15, -0.1) is 0 Å². The number of benzene rings is 1. The second kappa shape index (κ2) is 8.48. The lowest BCUT2D eigenvalue weighted by Gasteiger charge is -2.18. The first kappa shape index (κ1) is 15.4. The SMILES string of the molecule is CCOC(=O)/C=C/[C@H](OCc1ccccc1)C(C)C. The molecule has 3 nitrogen and oxygen atoms in total. The molecule has 0 saturated heterocycles. The predicted molar refractivity (Wildman–Crippen MR) is 75.6 cm³/mol. The Morgan fingerprint density at radius 3 is 2.53 bits per heavy atom. The van der Waals surface area contributed by atoms with Gasteiger partial charge in [0.05, 0.1) is 19.3 Å². The predicted octanol–water partition coefficient (Wildman–Crippen LogP) is 3.35. The maximum absolute atomic E-state index is 11.3. The molecule has 0 unspecified atom stereocenters. The molecular weight excluding hydrogens is 240 g/mol. The van der Waals surface area contributed by atoms with Gasteiger partial charge in [-0.1, -0.05) is 44.2 Å². The Balaban J connectivity index is 2.51. The molecule has 0 N–H and O–H groups in total. The van der Waals surface area contributed by atoms with E-state index in [1.165, 1.54) is 6.08 Å². The maximum Gasteiger partial charge on any atom is 0.330 e. The van der Waals surface area contributed by atoms with Gasteiger partial charge in [0, 0.05) is 6.08 Å². The van der Waals surface area contributed by atoms with Crippen molar-refractivity contribution < 1.29 is 14.3 Å². The van der Waals surface area contributed by atoms with E-state index < -0.39 is 0 Å². The first-order chi connectivity index (χ1) is 9.13. The minimum atomic E-state index is -0.323. The Morgan fingerprint density at radius 1 is 1.26 bits per heavy atom. The summed E-state index contributed by atoms with van der Waals surface area (Å²) in [5, 5.41) is 0. The molecule has 1 aromatic rings. The van der Waals surface area contributed by atoms with Crippen LogP contribution in [0.5, 0.6) is 0 Å². The lowest BCUT2D eigenvalue weighted by Crippen LogP contribution is -2.17. The van der Waals surface area contributed by atoms with E-state index in [1.54, 1.807) is 13.0 Å². The van der Waals surface area contributed by atoms with Gasteiger partial charge in [0.25, 0.3) is 0 Å². The minimum Gasteiger partial charge on any atom is -0.463 e. The fourth-order valence-electron chi connectivity index (χ4n) is 1.60. The van der Waals surface area contributed by atoms with Crippen LogP contribution in [0.15, 0.2) is 42.5 Å². The van der Waals surface area contributed by atoms with Crippen LogP contribution >= 0.6 is 0 Å². The number of rotatable bonds is 7. The molecule has 1 aromatic carbocycles. The van der Waals surface area contributed by atoms with Crippen LogP contribution in [0.1, 0.15) is 26.3 Å². The molecule has 0 saturated carbocycles. The topological polar surface area (TPSA) is 35.5 Å². The summed E-state index contributed by atoms with van der Waals surface area (Å²) in [6.45, 7) is 6.84. The molecule has 0 amide bonds. The number of carbonyl (C=O) groups is 1. The van der Waals surface area contributed by atoms with Crippen LogP contribution in [-0.4, -0.2) is 18.7 Å². The van der Waals surface area contributed by atoms with Gasteiger partial charge in [-0.2, -0.15) is 0 Å². The number of hydrogen-bond acceptors (Lipinski definition) is 3. The van der Waals surface area contributed by atoms with Crippen molar-refractivity contribution in [2.45, 2.75) is 33.5 Å². The van der Waals surface area contributed by atoms with Crippen molar-refractivity contribution in [2.24, 2.45) is 5.92 Å². The Labute approximate surface area is 115 Å². The van der Waals surface area contributed by atoms with Gasteiger partial charge in [0.15, 0.2) is 0 Å². The molecular formula is C16H22O3. The van der Waals surface area contributed by atoms with Crippen molar-refractivity contribution in [3.8, 4) is 0 Å². The van der Waals surface area contributed by atoms with E-state index in [9.17, 15) is 4.79 Å². The zero-order valence-corrected chi connectivity index (χ0v) is 11.8. The fourth-order valence-corrected chi connectivity index (χ4v) is 1.60. The van der Waals surface area contributed by atoms with E-state index in [0.717, 1.165) is 5.56 Å². The van der Waals surface area contributed by atoms with E-state index in [4.69, 9.17) is 9.47 Å². The quantitative estimate of drug-likeness (QED) is 0.558. The Hall–Kier alpha value is -1.61. The third kappa shape index (κ3) is 6.20. The molecule has 0 aromatic heterocycles. The molecule has 0 heterocycles. The summed E-state index contributed by atoms with van der Waals surface area (Å²) in [6.07, 6.45) is 3.12. The molecule has 1 atom stereocenters. The highest BCUT2D eigenvalue weighted by Crippen LogP contribution is 2.12. The molecule has 0 aliphatic carbocycles. The van der Waals surface area contributed by atoms with Gasteiger partial charge in [-0.05, 0) is 24.5 Å². The Bertz CT molecular complexity index is 396. The molecule has 0 fully saturated rings. The van der Waals surface area contributed by atoms with Crippen LogP contribution in [0.25, 0.3) is 0 Å². The maximum atomic E-state index is 11.3. The van der Waals surface area contributed by atoms with Gasteiger partial charge in [0.2, 0.25) is 0 Å². The smallest absolute Gasteiger partial charge is 0.330 e. The zero-order chi connectivity index (χ0) is 14.1. The van der Waals surface area contributed by atoms with Gasteiger partial charge in [-0.3, -0.25) is 0 Å². The van der Waals surface area contributed by atoms with Crippen LogP contribution in [-0.2, 0) is 20.9 Å². The third-order valence-electron chi connectivity index (χ3n) is 2.65. The molecule has 0 bridgehead atoms. The molecule has 0 aliphatic heterocycles. The van der Waals surface area contributed by atoms with Crippen LogP contribution < -0.4 is 0 Å². The first-order valence-corrected chi connectivity index (χ1v) is 6.64. The number of ether oxygens (including phenoxy) is 2. The molecule has 19 heavy (non-hydrogen) atoms. The van der Waals surface area contributed by atoms with Gasteiger partial charge >= 0.3 is 5.97 Å². The number of carbonyl (C=O) groups excluding carboxylic acids is 1. The van der Waals surface area contributed by atoms with Crippen molar-refractivity contribution >= 4 is 5.97 Å². The highest BCUT2D eigenvalue weighted by atomic mass is 16.5. The van der Waals surface area contributed by atoms with Crippen molar-refractivity contribution in [3.63, 3.8) is 0 Å². The molecule has 0 spiro atoms. The van der Waals surface area contributed by atoms with E-state index in [0.29, 0.717) is 19.1 Å². The second-order valence-electron chi connectivity index (χ2n) is 4.62. The van der Waals surface area contributed by atoms with E-state index in [2.05, 4.69) is 13.8 Å². The lowest BCUT2D eigenvalue weighted by atomic mass is 10.1. The Kier molecular flexibility index (Phi) is 6.90. The lowest BCUT2D eigenvalue weighted by molar-refractivity contribution is -0.137. The van der Waals surface area contributed by atoms with Crippen molar-refractivity contribution in [1.82, 2.24) is 0 Å². The van der Waals surface area contributed by atoms with Crippen molar-refractivity contribution in [1.29, 1.82) is 0 Å². The molecule has 0 aliphatic rings. The normalized spacial score (nSPS) is 12.8. The molecule has 1 rings (SSSR count). The average Bonchev–Trinajstić information content (AvgIpc) is 2.39. The van der Waals surface area contributed by atoms with Crippen LogP contribution in [0.3, 0.4) is 0 Å². The highest BCUT2D eigenvalue weighted by molar-refractivity contribution is 5.81. The summed E-state index contributed by atoms with van der Waals surface area (Å²) in [5.41, 5.74) is 1.12. The van der Waals surface area contributed by atoms with Gasteiger partial charge < -0.3 is 9.47 Å². The van der Waals surface area contributed by atoms with Crippen molar-refractivity contribution in [2.75, 3.05) is 6.61 Å². The van der Waals surface area contributed by atoms with Gasteiger partial charge in [0.1, 0.15) is 0 Å². The second-order valence-corrected chi connectivity index (χ2v) is 4.62. The summed E-state index contributed by atoms with van der Waals surface area (Å²) in [5.74, 6) is -0.0224. The van der Waals surface area contributed by atoms with E-state index in [-0.39, 0.29) is 12.1 Å². The molecule has 104 valence electrons. The summed E-state index contributed by atoms with van der Waals surface area (Å²) >= 11 is 0. The Morgan fingerprint density at radius 2 is 1.95 bits per heavy atom.